The molecule has 1 aromatic rings. The van der Waals surface area contributed by atoms with Crippen LogP contribution < -0.4 is 4.74 Å². The van der Waals surface area contributed by atoms with Gasteiger partial charge in [-0.1, -0.05) is 25.1 Å². The number of allylic oxidation sites excluding steroid dienone is 1. The van der Waals surface area contributed by atoms with Crippen molar-refractivity contribution < 1.29 is 9.13 Å². The van der Waals surface area contributed by atoms with Gasteiger partial charge in [-0.2, -0.15) is 0 Å². The Morgan fingerprint density at radius 2 is 2.19 bits per heavy atom. The molecule has 0 heterocycles. The van der Waals surface area contributed by atoms with Crippen molar-refractivity contribution in [3.8, 4) is 5.75 Å². The monoisotopic (exact) mass is 222 g/mol. The molecule has 1 nitrogen and oxygen atoms in total. The third-order valence-corrected chi connectivity index (χ3v) is 2.48. The number of halogens is 1. The topological polar surface area (TPSA) is 9.23 Å². The molecule has 0 aromatic heterocycles. The van der Waals surface area contributed by atoms with E-state index in [9.17, 15) is 4.39 Å². The van der Waals surface area contributed by atoms with Gasteiger partial charge in [0.25, 0.3) is 0 Å². The number of aryl methyl sites for hydroxylation is 1. The van der Waals surface area contributed by atoms with Crippen LogP contribution in [-0.4, -0.2) is 6.61 Å². The van der Waals surface area contributed by atoms with Crippen LogP contribution in [0.4, 0.5) is 4.39 Å². The van der Waals surface area contributed by atoms with Crippen molar-refractivity contribution in [2.24, 2.45) is 0 Å². The smallest absolute Gasteiger partial charge is 0.165 e. The van der Waals surface area contributed by atoms with Crippen LogP contribution in [0.25, 0.3) is 0 Å². The lowest BCUT2D eigenvalue weighted by atomic mass is 10.1. The average molecular weight is 222 g/mol. The molecule has 1 rings (SSSR count). The predicted molar refractivity (Wildman–Crippen MR) is 65.3 cm³/mol. The van der Waals surface area contributed by atoms with E-state index in [1.54, 1.807) is 6.07 Å². The van der Waals surface area contributed by atoms with E-state index in [-0.39, 0.29) is 5.82 Å². The maximum atomic E-state index is 13.5. The highest BCUT2D eigenvalue weighted by Gasteiger charge is 2.07. The SMILES string of the molecule is C=CCCCCOc1c(F)cccc1CC. The van der Waals surface area contributed by atoms with Crippen LogP contribution >= 0.6 is 0 Å². The van der Waals surface area contributed by atoms with Gasteiger partial charge in [-0.15, -0.1) is 6.58 Å². The fourth-order valence-corrected chi connectivity index (χ4v) is 1.56. The van der Waals surface area contributed by atoms with Gasteiger partial charge in [0.1, 0.15) is 0 Å². The van der Waals surface area contributed by atoms with Crippen LogP contribution in [-0.2, 0) is 6.42 Å². The van der Waals surface area contributed by atoms with Crippen molar-refractivity contribution in [1.82, 2.24) is 0 Å². The third-order valence-electron chi connectivity index (χ3n) is 2.48. The van der Waals surface area contributed by atoms with Gasteiger partial charge in [0.2, 0.25) is 0 Å². The molecule has 0 amide bonds. The Kier molecular flexibility index (Phi) is 5.62. The first-order valence-electron chi connectivity index (χ1n) is 5.80. The van der Waals surface area contributed by atoms with Crippen LogP contribution in [0.3, 0.4) is 0 Å². The zero-order valence-electron chi connectivity index (χ0n) is 9.84. The third kappa shape index (κ3) is 3.69. The summed E-state index contributed by atoms with van der Waals surface area (Å²) in [4.78, 5) is 0. The Bertz CT molecular complexity index is 334. The van der Waals surface area contributed by atoms with Gasteiger partial charge in [0, 0.05) is 0 Å². The lowest BCUT2D eigenvalue weighted by Gasteiger charge is -2.10. The molecule has 0 radical (unpaired) electrons. The minimum absolute atomic E-state index is 0.261. The Balaban J connectivity index is 2.49. The molecule has 1 aromatic carbocycles. The molecule has 0 saturated heterocycles. The maximum Gasteiger partial charge on any atom is 0.165 e. The van der Waals surface area contributed by atoms with Crippen LogP contribution in [0, 0.1) is 5.82 Å². The summed E-state index contributed by atoms with van der Waals surface area (Å²) in [5.41, 5.74) is 0.934. The van der Waals surface area contributed by atoms with Crippen molar-refractivity contribution in [3.05, 3.63) is 42.2 Å². The number of benzene rings is 1. The highest BCUT2D eigenvalue weighted by Crippen LogP contribution is 2.23. The average Bonchev–Trinajstić information content (AvgIpc) is 2.30. The summed E-state index contributed by atoms with van der Waals surface area (Å²) >= 11 is 0. The Morgan fingerprint density at radius 3 is 2.88 bits per heavy atom. The van der Waals surface area contributed by atoms with E-state index in [0.29, 0.717) is 12.4 Å². The highest BCUT2D eigenvalue weighted by atomic mass is 19.1. The molecule has 2 heteroatoms. The van der Waals surface area contributed by atoms with Gasteiger partial charge in [-0.3, -0.25) is 0 Å². The molecule has 0 aliphatic rings. The minimum Gasteiger partial charge on any atom is -0.490 e. The highest BCUT2D eigenvalue weighted by molar-refractivity contribution is 5.34. The normalized spacial score (nSPS) is 10.1. The molecule has 0 bridgehead atoms. The lowest BCUT2D eigenvalue weighted by molar-refractivity contribution is 0.289. The zero-order valence-corrected chi connectivity index (χ0v) is 9.84. The first-order valence-corrected chi connectivity index (χ1v) is 5.80. The molecule has 16 heavy (non-hydrogen) atoms. The van der Waals surface area contributed by atoms with Crippen LogP contribution in [0.15, 0.2) is 30.9 Å². The lowest BCUT2D eigenvalue weighted by Crippen LogP contribution is -2.02. The molecule has 0 saturated carbocycles. The number of hydrogen-bond acceptors (Lipinski definition) is 1. The van der Waals surface area contributed by atoms with Gasteiger partial charge in [-0.05, 0) is 37.3 Å². The second kappa shape index (κ2) is 7.04. The number of unbranched alkanes of at least 4 members (excludes halogenated alkanes) is 2. The van der Waals surface area contributed by atoms with Crippen molar-refractivity contribution in [3.63, 3.8) is 0 Å². The van der Waals surface area contributed by atoms with Gasteiger partial charge in [0.05, 0.1) is 6.61 Å². The van der Waals surface area contributed by atoms with E-state index in [1.165, 1.54) is 6.07 Å². The molecule has 0 fully saturated rings. The Morgan fingerprint density at radius 1 is 1.38 bits per heavy atom. The van der Waals surface area contributed by atoms with E-state index in [4.69, 9.17) is 4.74 Å². The van der Waals surface area contributed by atoms with E-state index in [2.05, 4.69) is 6.58 Å². The van der Waals surface area contributed by atoms with Gasteiger partial charge >= 0.3 is 0 Å². The summed E-state index contributed by atoms with van der Waals surface area (Å²) in [6.45, 7) is 6.23. The molecule has 0 spiro atoms. The summed E-state index contributed by atoms with van der Waals surface area (Å²) in [6.07, 6.45) is 5.64. The minimum atomic E-state index is -0.261. The van der Waals surface area contributed by atoms with Gasteiger partial charge in [0.15, 0.2) is 11.6 Å². The van der Waals surface area contributed by atoms with E-state index >= 15 is 0 Å². The Hall–Kier alpha value is -1.31. The van der Waals surface area contributed by atoms with Crippen molar-refractivity contribution in [2.45, 2.75) is 32.6 Å². The number of hydrogen-bond donors (Lipinski definition) is 0. The standard InChI is InChI=1S/C14H19FO/c1-3-5-6-7-11-16-14-12(4-2)9-8-10-13(14)15/h3,8-10H,1,4-7,11H2,2H3. The second-order valence-corrected chi connectivity index (χ2v) is 3.71. The maximum absolute atomic E-state index is 13.5. The second-order valence-electron chi connectivity index (χ2n) is 3.71. The zero-order chi connectivity index (χ0) is 11.8. The van der Waals surface area contributed by atoms with Crippen molar-refractivity contribution >= 4 is 0 Å². The molecule has 0 unspecified atom stereocenters. The predicted octanol–water partition coefficient (Wildman–Crippen LogP) is 4.12. The summed E-state index contributed by atoms with van der Waals surface area (Å²) < 4.78 is 19.0. The molecule has 0 N–H and O–H groups in total. The van der Waals surface area contributed by atoms with Crippen LogP contribution in [0.2, 0.25) is 0 Å². The van der Waals surface area contributed by atoms with Crippen LogP contribution in [0.5, 0.6) is 5.75 Å². The summed E-state index contributed by atoms with van der Waals surface area (Å²) in [5.74, 6) is 0.159. The fraction of sp³-hybridized carbons (Fsp3) is 0.429. The van der Waals surface area contributed by atoms with E-state index in [1.807, 2.05) is 19.1 Å². The van der Waals surface area contributed by atoms with E-state index in [0.717, 1.165) is 31.2 Å². The summed E-state index contributed by atoms with van der Waals surface area (Å²) in [5, 5.41) is 0. The van der Waals surface area contributed by atoms with Crippen LogP contribution in [0.1, 0.15) is 31.7 Å². The fourth-order valence-electron chi connectivity index (χ4n) is 1.56. The number of para-hydroxylation sites is 1. The number of ether oxygens (including phenoxy) is 1. The summed E-state index contributed by atoms with van der Waals surface area (Å²) in [7, 11) is 0. The molecular weight excluding hydrogens is 203 g/mol. The first kappa shape index (κ1) is 12.8. The largest absolute Gasteiger partial charge is 0.490 e. The number of rotatable bonds is 7. The molecule has 0 atom stereocenters. The molecular formula is C14H19FO. The van der Waals surface area contributed by atoms with Crippen molar-refractivity contribution in [2.75, 3.05) is 6.61 Å². The van der Waals surface area contributed by atoms with Crippen molar-refractivity contribution in [1.29, 1.82) is 0 Å². The van der Waals surface area contributed by atoms with Gasteiger partial charge in [-0.25, -0.2) is 4.39 Å². The molecule has 0 aliphatic heterocycles. The Labute approximate surface area is 96.9 Å². The van der Waals surface area contributed by atoms with E-state index < -0.39 is 0 Å². The molecule has 0 aliphatic carbocycles. The molecule has 88 valence electrons. The summed E-state index contributed by atoms with van der Waals surface area (Å²) in [6, 6.07) is 5.07. The quantitative estimate of drug-likeness (QED) is 0.498. The first-order chi connectivity index (χ1) is 7.79. The van der Waals surface area contributed by atoms with Gasteiger partial charge < -0.3 is 4.74 Å².